The van der Waals surface area contributed by atoms with Crippen molar-refractivity contribution in [3.63, 3.8) is 0 Å². The summed E-state index contributed by atoms with van der Waals surface area (Å²) in [7, 11) is 0. The molecule has 0 atom stereocenters. The molecule has 3 nitrogen and oxygen atoms in total. The zero-order valence-electron chi connectivity index (χ0n) is 12.1. The van der Waals surface area contributed by atoms with Gasteiger partial charge in [-0.1, -0.05) is 18.2 Å². The number of ether oxygens (including phenoxy) is 1. The maximum Gasteiger partial charge on any atom is 0.173 e. The maximum atomic E-state index is 5.47. The highest BCUT2D eigenvalue weighted by atomic mass is 32.1. The van der Waals surface area contributed by atoms with E-state index in [-0.39, 0.29) is 0 Å². The van der Waals surface area contributed by atoms with Gasteiger partial charge in [-0.3, -0.25) is 0 Å². The third-order valence-electron chi connectivity index (χ3n) is 2.91. The predicted molar refractivity (Wildman–Crippen MR) is 85.9 cm³/mol. The summed E-state index contributed by atoms with van der Waals surface area (Å²) in [6.45, 7) is 9.49. The Kier molecular flexibility index (Phi) is 7.45. The van der Waals surface area contributed by atoms with Crippen molar-refractivity contribution in [2.24, 2.45) is 0 Å². The molecule has 0 spiro atoms. The lowest BCUT2D eigenvalue weighted by Gasteiger charge is -2.26. The van der Waals surface area contributed by atoms with Crippen LogP contribution in [0.25, 0.3) is 0 Å². The van der Waals surface area contributed by atoms with E-state index in [0.29, 0.717) is 0 Å². The van der Waals surface area contributed by atoms with Crippen LogP contribution in [0.4, 0.5) is 5.69 Å². The predicted octanol–water partition coefficient (Wildman–Crippen LogP) is 3.12. The zero-order chi connectivity index (χ0) is 14.1. The lowest BCUT2D eigenvalue weighted by molar-refractivity contribution is 0.146. The Hall–Kier alpha value is -1.13. The van der Waals surface area contributed by atoms with Crippen molar-refractivity contribution in [3.05, 3.63) is 29.8 Å². The van der Waals surface area contributed by atoms with Crippen LogP contribution in [0, 0.1) is 6.92 Å². The van der Waals surface area contributed by atoms with Gasteiger partial charge in [-0.15, -0.1) is 0 Å². The van der Waals surface area contributed by atoms with E-state index < -0.39 is 0 Å². The lowest BCUT2D eigenvalue weighted by atomic mass is 10.2. The molecule has 0 aliphatic carbocycles. The molecule has 1 rings (SSSR count). The third kappa shape index (κ3) is 5.17. The van der Waals surface area contributed by atoms with Gasteiger partial charge < -0.3 is 15.0 Å². The van der Waals surface area contributed by atoms with Crippen LogP contribution in [0.2, 0.25) is 0 Å². The molecule has 106 valence electrons. The highest BCUT2D eigenvalue weighted by Crippen LogP contribution is 2.19. The monoisotopic (exact) mass is 280 g/mol. The minimum Gasteiger partial charge on any atom is -0.382 e. The van der Waals surface area contributed by atoms with Gasteiger partial charge in [0.2, 0.25) is 0 Å². The smallest absolute Gasteiger partial charge is 0.173 e. The number of aryl methyl sites for hydroxylation is 1. The number of anilines is 1. The molecule has 0 aliphatic rings. The van der Waals surface area contributed by atoms with E-state index in [1.54, 1.807) is 0 Å². The molecule has 0 unspecified atom stereocenters. The summed E-state index contributed by atoms with van der Waals surface area (Å²) in [5, 5.41) is 4.08. The van der Waals surface area contributed by atoms with Crippen molar-refractivity contribution in [2.75, 3.05) is 31.2 Å². The molecule has 19 heavy (non-hydrogen) atoms. The second-order valence-electron chi connectivity index (χ2n) is 4.31. The zero-order valence-corrected chi connectivity index (χ0v) is 12.9. The Balaban J connectivity index is 2.51. The summed E-state index contributed by atoms with van der Waals surface area (Å²) in [6.07, 6.45) is 0.972. The molecule has 0 saturated heterocycles. The molecular weight excluding hydrogens is 256 g/mol. The number of hydrogen-bond acceptors (Lipinski definition) is 2. The molecule has 0 radical (unpaired) electrons. The van der Waals surface area contributed by atoms with Crippen LogP contribution in [0.1, 0.15) is 25.8 Å². The second kappa shape index (κ2) is 8.88. The van der Waals surface area contributed by atoms with Crippen LogP contribution in [-0.4, -0.2) is 31.4 Å². The summed E-state index contributed by atoms with van der Waals surface area (Å²) in [6, 6.07) is 8.30. The molecular formula is C15H24N2OS. The first kappa shape index (κ1) is 15.9. The van der Waals surface area contributed by atoms with Gasteiger partial charge in [-0.25, -0.2) is 0 Å². The lowest BCUT2D eigenvalue weighted by Crippen LogP contribution is -2.40. The normalized spacial score (nSPS) is 10.3. The molecule has 0 bridgehead atoms. The van der Waals surface area contributed by atoms with Crippen molar-refractivity contribution in [3.8, 4) is 0 Å². The van der Waals surface area contributed by atoms with Gasteiger partial charge in [-0.05, 0) is 51.0 Å². The standard InChI is InChI=1S/C15H24N2OS/c1-4-17(14-10-7-6-9-13(14)3)15(19)16-11-8-12-18-5-2/h6-7,9-10H,4-5,8,11-12H2,1-3H3,(H,16,19). The summed E-state index contributed by atoms with van der Waals surface area (Å²) in [4.78, 5) is 2.13. The Labute approximate surface area is 121 Å². The summed E-state index contributed by atoms with van der Waals surface area (Å²) in [5.41, 5.74) is 2.41. The number of thiocarbonyl (C=S) groups is 1. The van der Waals surface area contributed by atoms with Crippen LogP contribution < -0.4 is 10.2 Å². The minimum atomic E-state index is 0.773. The molecule has 1 aromatic carbocycles. The first-order valence-corrected chi connectivity index (χ1v) is 7.30. The molecule has 1 N–H and O–H groups in total. The largest absolute Gasteiger partial charge is 0.382 e. The molecule has 0 saturated carbocycles. The van der Waals surface area contributed by atoms with Crippen molar-refractivity contribution >= 4 is 23.0 Å². The molecule has 4 heteroatoms. The molecule has 0 aromatic heterocycles. The maximum absolute atomic E-state index is 5.47. The van der Waals surface area contributed by atoms with Crippen LogP contribution in [-0.2, 0) is 4.74 Å². The highest BCUT2D eigenvalue weighted by molar-refractivity contribution is 7.80. The quantitative estimate of drug-likeness (QED) is 0.612. The Morgan fingerprint density at radius 2 is 2.05 bits per heavy atom. The molecule has 1 aromatic rings. The first-order valence-electron chi connectivity index (χ1n) is 6.89. The fourth-order valence-corrected chi connectivity index (χ4v) is 2.23. The third-order valence-corrected chi connectivity index (χ3v) is 3.28. The first-order chi connectivity index (χ1) is 9.20. The molecule has 0 aliphatic heterocycles. The number of rotatable bonds is 7. The number of hydrogen-bond donors (Lipinski definition) is 1. The van der Waals surface area contributed by atoms with Gasteiger partial charge in [-0.2, -0.15) is 0 Å². The van der Waals surface area contributed by atoms with Gasteiger partial charge in [0.15, 0.2) is 5.11 Å². The summed E-state index contributed by atoms with van der Waals surface area (Å²) >= 11 is 5.47. The Morgan fingerprint density at radius 3 is 2.68 bits per heavy atom. The number of benzene rings is 1. The summed E-state index contributed by atoms with van der Waals surface area (Å²) < 4.78 is 5.31. The Morgan fingerprint density at radius 1 is 1.32 bits per heavy atom. The number of para-hydroxylation sites is 1. The van der Waals surface area contributed by atoms with Crippen LogP contribution >= 0.6 is 12.2 Å². The van der Waals surface area contributed by atoms with Gasteiger partial charge >= 0.3 is 0 Å². The molecule has 0 heterocycles. The van der Waals surface area contributed by atoms with Crippen molar-refractivity contribution in [1.29, 1.82) is 0 Å². The fraction of sp³-hybridized carbons (Fsp3) is 0.533. The van der Waals surface area contributed by atoms with E-state index in [0.717, 1.165) is 37.8 Å². The second-order valence-corrected chi connectivity index (χ2v) is 4.70. The van der Waals surface area contributed by atoms with Gasteiger partial charge in [0, 0.05) is 32.0 Å². The molecule has 0 fully saturated rings. The average Bonchev–Trinajstić information content (AvgIpc) is 2.41. The average molecular weight is 280 g/mol. The fourth-order valence-electron chi connectivity index (χ4n) is 1.90. The summed E-state index contributed by atoms with van der Waals surface area (Å²) in [5.74, 6) is 0. The number of nitrogens with zero attached hydrogens (tertiary/aromatic N) is 1. The van der Waals surface area contributed by atoms with E-state index in [1.807, 2.05) is 19.1 Å². The molecule has 0 amide bonds. The van der Waals surface area contributed by atoms with E-state index in [4.69, 9.17) is 17.0 Å². The highest BCUT2D eigenvalue weighted by Gasteiger charge is 2.11. The van der Waals surface area contributed by atoms with Gasteiger partial charge in [0.05, 0.1) is 0 Å². The van der Waals surface area contributed by atoms with Crippen LogP contribution in [0.5, 0.6) is 0 Å². The Bertz CT molecular complexity index is 395. The van der Waals surface area contributed by atoms with Crippen molar-refractivity contribution in [2.45, 2.75) is 27.2 Å². The van der Waals surface area contributed by atoms with Crippen LogP contribution in [0.15, 0.2) is 24.3 Å². The van der Waals surface area contributed by atoms with Gasteiger partial charge in [0.25, 0.3) is 0 Å². The minimum absolute atomic E-state index is 0.773. The van der Waals surface area contributed by atoms with E-state index >= 15 is 0 Å². The van der Waals surface area contributed by atoms with Crippen LogP contribution in [0.3, 0.4) is 0 Å². The topological polar surface area (TPSA) is 24.5 Å². The van der Waals surface area contributed by atoms with Gasteiger partial charge in [0.1, 0.15) is 0 Å². The van der Waals surface area contributed by atoms with Crippen molar-refractivity contribution in [1.82, 2.24) is 5.32 Å². The van der Waals surface area contributed by atoms with Crippen molar-refractivity contribution < 1.29 is 4.74 Å². The van der Waals surface area contributed by atoms with E-state index in [1.165, 1.54) is 11.3 Å². The number of nitrogens with one attached hydrogen (secondary N) is 1. The van der Waals surface area contributed by atoms with E-state index in [9.17, 15) is 0 Å². The van der Waals surface area contributed by atoms with E-state index in [2.05, 4.69) is 36.2 Å². The SMILES string of the molecule is CCOCCCNC(=S)N(CC)c1ccccc1C.